The van der Waals surface area contributed by atoms with Crippen molar-refractivity contribution in [3.05, 3.63) is 23.8 Å². The van der Waals surface area contributed by atoms with Crippen LogP contribution >= 0.6 is 0 Å². The minimum atomic E-state index is -3.48. The fourth-order valence-electron chi connectivity index (χ4n) is 2.76. The summed E-state index contributed by atoms with van der Waals surface area (Å²) < 4.78 is 27.3. The van der Waals surface area contributed by atoms with Gasteiger partial charge in [-0.3, -0.25) is 4.90 Å². The van der Waals surface area contributed by atoms with Gasteiger partial charge in [-0.15, -0.1) is 0 Å². The van der Waals surface area contributed by atoms with Gasteiger partial charge in [0.2, 0.25) is 10.0 Å². The van der Waals surface area contributed by atoms with Gasteiger partial charge in [-0.05, 0) is 56.6 Å². The Kier molecular flexibility index (Phi) is 4.67. The van der Waals surface area contributed by atoms with Gasteiger partial charge in [0.15, 0.2) is 0 Å². The lowest BCUT2D eigenvalue weighted by atomic mass is 10.2. The van der Waals surface area contributed by atoms with Crippen molar-refractivity contribution in [2.45, 2.75) is 37.6 Å². The largest absolute Gasteiger partial charge is 0.399 e. The Labute approximate surface area is 121 Å². The predicted molar refractivity (Wildman–Crippen MR) is 81.0 cm³/mol. The second-order valence-corrected chi connectivity index (χ2v) is 7.12. The van der Waals surface area contributed by atoms with Crippen molar-refractivity contribution in [1.29, 1.82) is 0 Å². The monoisotopic (exact) mass is 297 g/mol. The Morgan fingerprint density at radius 2 is 2.15 bits per heavy atom. The van der Waals surface area contributed by atoms with Crippen molar-refractivity contribution in [3.63, 3.8) is 0 Å². The zero-order valence-electron chi connectivity index (χ0n) is 12.1. The van der Waals surface area contributed by atoms with Gasteiger partial charge in [0.25, 0.3) is 0 Å². The van der Waals surface area contributed by atoms with E-state index < -0.39 is 10.0 Å². The van der Waals surface area contributed by atoms with E-state index in [9.17, 15) is 8.42 Å². The van der Waals surface area contributed by atoms with E-state index in [0.29, 0.717) is 18.3 Å². The highest BCUT2D eigenvalue weighted by Crippen LogP contribution is 2.18. The zero-order valence-corrected chi connectivity index (χ0v) is 12.9. The molecule has 0 aromatic heterocycles. The number of likely N-dealkylation sites (N-methyl/N-ethyl adjacent to an activating group) is 1. The SMILES string of the molecule is CCN1CCCC1CNS(=O)(=O)c1cc(C)cc(N)c1. The van der Waals surface area contributed by atoms with Crippen LogP contribution in [-0.4, -0.2) is 39.0 Å². The van der Waals surface area contributed by atoms with Gasteiger partial charge in [-0.2, -0.15) is 0 Å². The standard InChI is InChI=1S/C14H23N3O2S/c1-3-17-6-4-5-13(17)10-16-20(18,19)14-8-11(2)7-12(15)9-14/h7-9,13,16H,3-6,10,15H2,1-2H3. The van der Waals surface area contributed by atoms with Crippen molar-refractivity contribution in [3.8, 4) is 0 Å². The molecule has 1 saturated heterocycles. The van der Waals surface area contributed by atoms with Gasteiger partial charge in [0.1, 0.15) is 0 Å². The molecule has 0 saturated carbocycles. The molecule has 2 rings (SSSR count). The third-order valence-corrected chi connectivity index (χ3v) is 5.20. The molecule has 0 bridgehead atoms. The van der Waals surface area contributed by atoms with Crippen molar-refractivity contribution in [2.24, 2.45) is 0 Å². The first-order valence-electron chi connectivity index (χ1n) is 7.03. The van der Waals surface area contributed by atoms with Gasteiger partial charge >= 0.3 is 0 Å². The maximum Gasteiger partial charge on any atom is 0.240 e. The van der Waals surface area contributed by atoms with Crippen LogP contribution in [0.3, 0.4) is 0 Å². The summed E-state index contributed by atoms with van der Waals surface area (Å²) in [4.78, 5) is 2.56. The maximum absolute atomic E-state index is 12.3. The Hall–Kier alpha value is -1.11. The molecule has 1 heterocycles. The molecule has 0 aliphatic carbocycles. The number of nitrogens with zero attached hydrogens (tertiary/aromatic N) is 1. The molecular formula is C14H23N3O2S. The van der Waals surface area contributed by atoms with E-state index in [1.807, 2.05) is 6.92 Å². The number of hydrogen-bond donors (Lipinski definition) is 2. The highest BCUT2D eigenvalue weighted by atomic mass is 32.2. The van der Waals surface area contributed by atoms with E-state index in [1.165, 1.54) is 6.07 Å². The van der Waals surface area contributed by atoms with Crippen LogP contribution in [0.5, 0.6) is 0 Å². The fourth-order valence-corrected chi connectivity index (χ4v) is 3.97. The number of hydrogen-bond acceptors (Lipinski definition) is 4. The Morgan fingerprint density at radius 3 is 2.80 bits per heavy atom. The molecule has 1 unspecified atom stereocenters. The molecule has 1 aromatic rings. The Balaban J connectivity index is 2.07. The van der Waals surface area contributed by atoms with Gasteiger partial charge < -0.3 is 5.73 Å². The van der Waals surface area contributed by atoms with Crippen molar-refractivity contribution in [2.75, 3.05) is 25.4 Å². The summed E-state index contributed by atoms with van der Waals surface area (Å²) in [6.45, 7) is 6.42. The van der Waals surface area contributed by atoms with Gasteiger partial charge in [0, 0.05) is 18.3 Å². The third-order valence-electron chi connectivity index (χ3n) is 3.80. The van der Waals surface area contributed by atoms with Gasteiger partial charge in [-0.25, -0.2) is 13.1 Å². The van der Waals surface area contributed by atoms with E-state index in [4.69, 9.17) is 5.73 Å². The van der Waals surface area contributed by atoms with E-state index in [2.05, 4.69) is 16.5 Å². The smallest absolute Gasteiger partial charge is 0.240 e. The highest BCUT2D eigenvalue weighted by molar-refractivity contribution is 7.89. The van der Waals surface area contributed by atoms with E-state index >= 15 is 0 Å². The molecule has 0 spiro atoms. The second-order valence-electron chi connectivity index (χ2n) is 5.36. The number of likely N-dealkylation sites (tertiary alicyclic amines) is 1. The Morgan fingerprint density at radius 1 is 1.40 bits per heavy atom. The molecule has 20 heavy (non-hydrogen) atoms. The first kappa shape index (κ1) is 15.3. The van der Waals surface area contributed by atoms with Crippen LogP contribution in [-0.2, 0) is 10.0 Å². The molecule has 1 atom stereocenters. The molecule has 5 nitrogen and oxygen atoms in total. The molecule has 1 aliphatic heterocycles. The molecule has 1 aliphatic rings. The predicted octanol–water partition coefficient (Wildman–Crippen LogP) is 1.34. The first-order valence-corrected chi connectivity index (χ1v) is 8.51. The maximum atomic E-state index is 12.3. The number of rotatable bonds is 5. The molecule has 1 fully saturated rings. The van der Waals surface area contributed by atoms with Crippen LogP contribution in [0.25, 0.3) is 0 Å². The zero-order chi connectivity index (χ0) is 14.8. The Bertz CT molecular complexity index is 552. The van der Waals surface area contributed by atoms with Gasteiger partial charge in [0.05, 0.1) is 4.90 Å². The molecule has 1 aromatic carbocycles. The molecular weight excluding hydrogens is 274 g/mol. The summed E-state index contributed by atoms with van der Waals surface area (Å²) in [7, 11) is -3.48. The van der Waals surface area contributed by atoms with Gasteiger partial charge in [-0.1, -0.05) is 6.92 Å². The number of aryl methyl sites for hydroxylation is 1. The summed E-state index contributed by atoms with van der Waals surface area (Å²) >= 11 is 0. The fraction of sp³-hybridized carbons (Fsp3) is 0.571. The molecule has 0 amide bonds. The minimum absolute atomic E-state index is 0.246. The number of nitrogens with two attached hydrogens (primary N) is 1. The molecule has 112 valence electrons. The lowest BCUT2D eigenvalue weighted by Crippen LogP contribution is -2.40. The summed E-state index contributed by atoms with van der Waals surface area (Å²) in [5.41, 5.74) is 7.04. The first-order chi connectivity index (χ1) is 9.42. The number of nitrogen functional groups attached to an aromatic ring is 1. The van der Waals surface area contributed by atoms with Crippen molar-refractivity contribution in [1.82, 2.24) is 9.62 Å². The number of benzene rings is 1. The molecule has 6 heteroatoms. The average Bonchev–Trinajstić information content (AvgIpc) is 2.82. The lowest BCUT2D eigenvalue weighted by Gasteiger charge is -2.22. The summed E-state index contributed by atoms with van der Waals surface area (Å²) in [6.07, 6.45) is 2.18. The average molecular weight is 297 g/mol. The number of nitrogens with one attached hydrogen (secondary N) is 1. The molecule has 0 radical (unpaired) electrons. The number of sulfonamides is 1. The molecule has 3 N–H and O–H groups in total. The van der Waals surface area contributed by atoms with E-state index in [0.717, 1.165) is 31.5 Å². The number of anilines is 1. The minimum Gasteiger partial charge on any atom is -0.399 e. The topological polar surface area (TPSA) is 75.4 Å². The van der Waals surface area contributed by atoms with Crippen molar-refractivity contribution < 1.29 is 8.42 Å². The van der Waals surface area contributed by atoms with Crippen LogP contribution in [0.1, 0.15) is 25.3 Å². The summed E-state index contributed by atoms with van der Waals surface area (Å²) in [6, 6.07) is 5.21. The summed E-state index contributed by atoms with van der Waals surface area (Å²) in [5, 5.41) is 0. The second kappa shape index (κ2) is 6.11. The van der Waals surface area contributed by atoms with Crippen LogP contribution < -0.4 is 10.5 Å². The van der Waals surface area contributed by atoms with E-state index in [-0.39, 0.29) is 4.90 Å². The van der Waals surface area contributed by atoms with Crippen LogP contribution in [0, 0.1) is 6.92 Å². The highest BCUT2D eigenvalue weighted by Gasteiger charge is 2.25. The summed E-state index contributed by atoms with van der Waals surface area (Å²) in [5.74, 6) is 0. The van der Waals surface area contributed by atoms with Crippen LogP contribution in [0.2, 0.25) is 0 Å². The van der Waals surface area contributed by atoms with Crippen LogP contribution in [0.4, 0.5) is 5.69 Å². The quantitative estimate of drug-likeness (QED) is 0.804. The van der Waals surface area contributed by atoms with E-state index in [1.54, 1.807) is 12.1 Å². The van der Waals surface area contributed by atoms with Crippen molar-refractivity contribution >= 4 is 15.7 Å². The van der Waals surface area contributed by atoms with Crippen LogP contribution in [0.15, 0.2) is 23.1 Å². The normalized spacial score (nSPS) is 20.4. The lowest BCUT2D eigenvalue weighted by molar-refractivity contribution is 0.268. The third kappa shape index (κ3) is 3.50.